The minimum atomic E-state index is -1.02. The summed E-state index contributed by atoms with van der Waals surface area (Å²) in [6.07, 6.45) is 3.62. The number of esters is 1. The summed E-state index contributed by atoms with van der Waals surface area (Å²) in [6, 6.07) is 7.81. The maximum absolute atomic E-state index is 12.2. The van der Waals surface area contributed by atoms with E-state index in [4.69, 9.17) is 4.74 Å². The summed E-state index contributed by atoms with van der Waals surface area (Å²) >= 11 is 0. The van der Waals surface area contributed by atoms with Crippen molar-refractivity contribution in [1.29, 1.82) is 0 Å². The largest absolute Gasteiger partial charge is 0.463 e. The number of carbonyl (C=O) groups excluding carboxylic acids is 2. The molecule has 0 N–H and O–H groups in total. The highest BCUT2D eigenvalue weighted by atomic mass is 16.5. The standard InChI is InChI=1S/C19H23NO3/c1-6-17(18(22)23-7-2)19(5,20-13-21)12-15-9-8-10-16(11-15)14(3)4/h6,8-11H,3,7,12H2,1-2,4-5H3. The van der Waals surface area contributed by atoms with Gasteiger partial charge in [-0.25, -0.2) is 9.59 Å². The van der Waals surface area contributed by atoms with Crippen molar-refractivity contribution in [2.24, 2.45) is 4.99 Å². The SMILES string of the molecule is C=C(C)c1cccc(CC(C)(N=C=O)C(=CC)C(=O)OCC)c1. The molecule has 0 aliphatic rings. The molecule has 1 atom stereocenters. The van der Waals surface area contributed by atoms with Crippen molar-refractivity contribution >= 4 is 17.6 Å². The fourth-order valence-corrected chi connectivity index (χ4v) is 2.50. The lowest BCUT2D eigenvalue weighted by atomic mass is 9.85. The number of nitrogens with zero attached hydrogens (tertiary/aromatic N) is 1. The van der Waals surface area contributed by atoms with Crippen LogP contribution in [-0.2, 0) is 20.7 Å². The zero-order valence-electron chi connectivity index (χ0n) is 14.2. The van der Waals surface area contributed by atoms with Gasteiger partial charge in [0.05, 0.1) is 12.2 Å². The average Bonchev–Trinajstić information content (AvgIpc) is 2.48. The summed E-state index contributed by atoms with van der Waals surface area (Å²) in [6.45, 7) is 11.3. The number of carbonyl (C=O) groups is 1. The lowest BCUT2D eigenvalue weighted by Gasteiger charge is -2.25. The van der Waals surface area contributed by atoms with Crippen LogP contribution in [0.1, 0.15) is 38.8 Å². The van der Waals surface area contributed by atoms with Crippen molar-refractivity contribution in [3.63, 3.8) is 0 Å². The minimum absolute atomic E-state index is 0.266. The predicted molar refractivity (Wildman–Crippen MR) is 91.8 cm³/mol. The van der Waals surface area contributed by atoms with E-state index in [-0.39, 0.29) is 6.61 Å². The second-order valence-electron chi connectivity index (χ2n) is 5.56. The van der Waals surface area contributed by atoms with Crippen LogP contribution in [-0.4, -0.2) is 24.2 Å². The predicted octanol–water partition coefficient (Wildman–Crippen LogP) is 3.87. The highest BCUT2D eigenvalue weighted by molar-refractivity contribution is 5.91. The highest BCUT2D eigenvalue weighted by Crippen LogP contribution is 2.28. The van der Waals surface area contributed by atoms with Crippen LogP contribution in [0.3, 0.4) is 0 Å². The van der Waals surface area contributed by atoms with E-state index < -0.39 is 11.5 Å². The summed E-state index contributed by atoms with van der Waals surface area (Å²) in [5, 5.41) is 0. The molecule has 1 aromatic carbocycles. The molecule has 4 heteroatoms. The van der Waals surface area contributed by atoms with Crippen molar-refractivity contribution in [3.05, 3.63) is 53.6 Å². The van der Waals surface area contributed by atoms with E-state index in [2.05, 4.69) is 11.6 Å². The van der Waals surface area contributed by atoms with Crippen molar-refractivity contribution in [3.8, 4) is 0 Å². The van der Waals surface area contributed by atoms with Gasteiger partial charge in [0, 0.05) is 6.42 Å². The quantitative estimate of drug-likeness (QED) is 0.332. The van der Waals surface area contributed by atoms with E-state index >= 15 is 0 Å². The van der Waals surface area contributed by atoms with Crippen LogP contribution in [0.5, 0.6) is 0 Å². The Labute approximate surface area is 137 Å². The maximum Gasteiger partial charge on any atom is 0.336 e. The zero-order valence-corrected chi connectivity index (χ0v) is 14.2. The van der Waals surface area contributed by atoms with Crippen LogP contribution in [0.15, 0.2) is 47.5 Å². The van der Waals surface area contributed by atoms with Crippen molar-refractivity contribution in [2.75, 3.05) is 6.61 Å². The topological polar surface area (TPSA) is 55.7 Å². The number of hydrogen-bond donors (Lipinski definition) is 0. The smallest absolute Gasteiger partial charge is 0.336 e. The van der Waals surface area contributed by atoms with Crippen LogP contribution in [0, 0.1) is 0 Å². The monoisotopic (exact) mass is 313 g/mol. The first-order valence-corrected chi connectivity index (χ1v) is 7.55. The number of ether oxygens (including phenoxy) is 1. The molecule has 1 aromatic rings. The molecular formula is C19H23NO3. The zero-order chi connectivity index (χ0) is 17.5. The lowest BCUT2D eigenvalue weighted by molar-refractivity contribution is -0.139. The average molecular weight is 313 g/mol. The summed E-state index contributed by atoms with van der Waals surface area (Å²) in [5.74, 6) is -0.465. The summed E-state index contributed by atoms with van der Waals surface area (Å²) in [4.78, 5) is 27.0. The Hall–Kier alpha value is -2.45. The third kappa shape index (κ3) is 4.76. The molecule has 0 aliphatic heterocycles. The summed E-state index contributed by atoms with van der Waals surface area (Å²) in [5.41, 5.74) is 2.25. The third-order valence-corrected chi connectivity index (χ3v) is 3.62. The van der Waals surface area contributed by atoms with Gasteiger partial charge in [-0.1, -0.05) is 42.5 Å². The van der Waals surface area contributed by atoms with Gasteiger partial charge < -0.3 is 4.74 Å². The van der Waals surface area contributed by atoms with E-state index in [9.17, 15) is 9.59 Å². The van der Waals surface area contributed by atoms with Gasteiger partial charge >= 0.3 is 5.97 Å². The third-order valence-electron chi connectivity index (χ3n) is 3.62. The second-order valence-corrected chi connectivity index (χ2v) is 5.56. The van der Waals surface area contributed by atoms with Gasteiger partial charge in [-0.3, -0.25) is 0 Å². The Balaban J connectivity index is 3.24. The van der Waals surface area contributed by atoms with E-state index in [1.807, 2.05) is 31.2 Å². The number of hydrogen-bond acceptors (Lipinski definition) is 4. The molecule has 1 unspecified atom stereocenters. The molecule has 0 aliphatic carbocycles. The van der Waals surface area contributed by atoms with E-state index in [1.54, 1.807) is 32.9 Å². The number of rotatable bonds is 7. The van der Waals surface area contributed by atoms with Gasteiger partial charge in [-0.15, -0.1) is 0 Å². The Bertz CT molecular complexity index is 669. The number of benzene rings is 1. The van der Waals surface area contributed by atoms with Crippen LogP contribution in [0.25, 0.3) is 5.57 Å². The Morgan fingerprint density at radius 3 is 2.70 bits per heavy atom. The van der Waals surface area contributed by atoms with E-state index in [0.717, 1.165) is 16.7 Å². The molecule has 0 saturated heterocycles. The molecule has 0 aromatic heterocycles. The molecule has 122 valence electrons. The van der Waals surface area contributed by atoms with Crippen LogP contribution in [0.2, 0.25) is 0 Å². The molecule has 4 nitrogen and oxygen atoms in total. The van der Waals surface area contributed by atoms with Gasteiger partial charge in [0.2, 0.25) is 6.08 Å². The number of allylic oxidation sites excluding steroid dienone is 2. The number of isocyanates is 1. The van der Waals surface area contributed by atoms with Gasteiger partial charge in [-0.2, -0.15) is 4.99 Å². The number of aliphatic imine (C=N–C) groups is 1. The second kappa shape index (κ2) is 8.25. The fraction of sp³-hybridized carbons (Fsp3) is 0.368. The molecule has 0 heterocycles. The lowest BCUT2D eigenvalue weighted by Crippen LogP contribution is -2.33. The van der Waals surface area contributed by atoms with Crippen LogP contribution >= 0.6 is 0 Å². The van der Waals surface area contributed by atoms with Crippen molar-refractivity contribution in [1.82, 2.24) is 0 Å². The Kier molecular flexibility index (Phi) is 6.67. The summed E-state index contributed by atoms with van der Waals surface area (Å²) < 4.78 is 5.08. The maximum atomic E-state index is 12.2. The molecule has 0 fully saturated rings. The molecule has 23 heavy (non-hydrogen) atoms. The normalized spacial score (nSPS) is 13.7. The van der Waals surface area contributed by atoms with Crippen molar-refractivity contribution < 1.29 is 14.3 Å². The molecule has 0 spiro atoms. The molecule has 0 amide bonds. The van der Waals surface area contributed by atoms with Gasteiger partial charge in [0.15, 0.2) is 0 Å². The van der Waals surface area contributed by atoms with Gasteiger partial charge in [0.1, 0.15) is 5.54 Å². The molecule has 0 radical (unpaired) electrons. The van der Waals surface area contributed by atoms with Gasteiger partial charge in [0.25, 0.3) is 0 Å². The minimum Gasteiger partial charge on any atom is -0.463 e. The first-order valence-electron chi connectivity index (χ1n) is 7.55. The molecule has 0 saturated carbocycles. The first kappa shape index (κ1) is 18.6. The molecular weight excluding hydrogens is 290 g/mol. The van der Waals surface area contributed by atoms with Gasteiger partial charge in [-0.05, 0) is 38.8 Å². The van der Waals surface area contributed by atoms with E-state index in [0.29, 0.717) is 12.0 Å². The van der Waals surface area contributed by atoms with E-state index in [1.165, 1.54) is 0 Å². The van der Waals surface area contributed by atoms with Crippen molar-refractivity contribution in [2.45, 2.75) is 39.7 Å². The Morgan fingerprint density at radius 2 is 2.17 bits per heavy atom. The van der Waals surface area contributed by atoms with Crippen LogP contribution in [0.4, 0.5) is 0 Å². The summed E-state index contributed by atoms with van der Waals surface area (Å²) in [7, 11) is 0. The first-order chi connectivity index (χ1) is 10.9. The van der Waals surface area contributed by atoms with Crippen LogP contribution < -0.4 is 0 Å². The Morgan fingerprint density at radius 1 is 1.48 bits per heavy atom. The molecule has 1 rings (SSSR count). The highest BCUT2D eigenvalue weighted by Gasteiger charge is 2.34. The fourth-order valence-electron chi connectivity index (χ4n) is 2.50. The molecule has 0 bridgehead atoms.